The minimum atomic E-state index is -2.56. The van der Waals surface area contributed by atoms with E-state index in [1.54, 1.807) is 0 Å². The molecular weight excluding hydrogens is 138 g/mol. The van der Waals surface area contributed by atoms with E-state index in [4.69, 9.17) is 0 Å². The highest BCUT2D eigenvalue weighted by Crippen LogP contribution is 1.96. The molecule has 0 aliphatic heterocycles. The molecule has 0 atom stereocenters. The lowest BCUT2D eigenvalue weighted by Gasteiger charge is -1.94. The van der Waals surface area contributed by atoms with Crippen LogP contribution in [0.4, 0.5) is 8.78 Å². The van der Waals surface area contributed by atoms with Crippen LogP contribution in [0.25, 0.3) is 0 Å². The van der Waals surface area contributed by atoms with Gasteiger partial charge in [-0.15, -0.1) is 0 Å². The zero-order valence-electron chi connectivity index (χ0n) is 6.01. The summed E-state index contributed by atoms with van der Waals surface area (Å²) in [6.07, 6.45) is -0.506. The molecule has 0 aliphatic rings. The van der Waals surface area contributed by atoms with Crippen LogP contribution in [0, 0.1) is 0 Å². The summed E-state index contributed by atoms with van der Waals surface area (Å²) in [7, 11) is 1.30. The van der Waals surface area contributed by atoms with Gasteiger partial charge in [0.25, 0.3) is 6.43 Å². The third-order valence-electron chi connectivity index (χ3n) is 0.830. The Balaban J connectivity index is 3.98. The molecule has 0 N–H and O–H groups in total. The molecule has 0 spiro atoms. The summed E-state index contributed by atoms with van der Waals surface area (Å²) < 4.78 is 23.6. The van der Waals surface area contributed by atoms with Gasteiger partial charge >= 0.3 is 0 Å². The number of halogens is 2. The van der Waals surface area contributed by atoms with Crippen LogP contribution in [-0.4, -0.2) is 25.5 Å². The summed E-state index contributed by atoms with van der Waals surface area (Å²) >= 11 is 0. The Morgan fingerprint density at radius 2 is 2.20 bits per heavy atom. The Morgan fingerprint density at radius 3 is 2.50 bits per heavy atom. The SMILES string of the molecule is CCC=NC(=NC)C(F)F. The summed E-state index contributed by atoms with van der Waals surface area (Å²) in [5.74, 6) is -0.401. The Labute approximate surface area is 58.7 Å². The number of hydrogen-bond acceptors (Lipinski definition) is 1. The normalized spacial score (nSPS) is 13.5. The fourth-order valence-corrected chi connectivity index (χ4v) is 0.396. The van der Waals surface area contributed by atoms with E-state index in [0.717, 1.165) is 0 Å². The van der Waals surface area contributed by atoms with Gasteiger partial charge in [0.1, 0.15) is 0 Å². The molecule has 0 rings (SSSR count). The molecule has 0 amide bonds. The van der Waals surface area contributed by atoms with Gasteiger partial charge in [0.15, 0.2) is 5.84 Å². The van der Waals surface area contributed by atoms with Crippen LogP contribution in [0.15, 0.2) is 9.98 Å². The molecule has 0 radical (unpaired) electrons. The molecule has 0 saturated carbocycles. The standard InChI is InChI=1S/C6H10F2N2/c1-3-4-10-6(9-2)5(7)8/h4-5H,3H2,1-2H3. The fourth-order valence-electron chi connectivity index (χ4n) is 0.396. The molecule has 0 aliphatic carbocycles. The lowest BCUT2D eigenvalue weighted by Crippen LogP contribution is -2.06. The first-order valence-electron chi connectivity index (χ1n) is 2.99. The van der Waals surface area contributed by atoms with Crippen LogP contribution >= 0.6 is 0 Å². The summed E-state index contributed by atoms with van der Waals surface area (Å²) in [4.78, 5) is 6.73. The molecule has 0 aromatic carbocycles. The molecule has 0 saturated heterocycles. The van der Waals surface area contributed by atoms with E-state index in [1.165, 1.54) is 13.3 Å². The van der Waals surface area contributed by atoms with Crippen LogP contribution in [0.2, 0.25) is 0 Å². The summed E-state index contributed by atoms with van der Waals surface area (Å²) in [5, 5.41) is 0. The van der Waals surface area contributed by atoms with E-state index in [2.05, 4.69) is 9.98 Å². The number of amidine groups is 1. The van der Waals surface area contributed by atoms with E-state index < -0.39 is 12.3 Å². The van der Waals surface area contributed by atoms with Crippen molar-refractivity contribution in [2.75, 3.05) is 7.05 Å². The van der Waals surface area contributed by atoms with Gasteiger partial charge < -0.3 is 0 Å². The molecule has 0 fully saturated rings. The molecule has 0 aromatic rings. The highest BCUT2D eigenvalue weighted by Gasteiger charge is 2.08. The number of aliphatic imine (C=N–C) groups is 2. The third-order valence-corrected chi connectivity index (χ3v) is 0.830. The molecule has 0 bridgehead atoms. The van der Waals surface area contributed by atoms with Crippen molar-refractivity contribution in [3.05, 3.63) is 0 Å². The second-order valence-corrected chi connectivity index (χ2v) is 1.60. The summed E-state index contributed by atoms with van der Waals surface area (Å²) in [6.45, 7) is 1.82. The quantitative estimate of drug-likeness (QED) is 0.421. The van der Waals surface area contributed by atoms with E-state index in [9.17, 15) is 8.78 Å². The lowest BCUT2D eigenvalue weighted by molar-refractivity contribution is 0.224. The number of alkyl halides is 2. The molecule has 2 nitrogen and oxygen atoms in total. The second-order valence-electron chi connectivity index (χ2n) is 1.60. The molecule has 0 aromatic heterocycles. The Kier molecular flexibility index (Phi) is 4.62. The van der Waals surface area contributed by atoms with Crippen LogP contribution in [0.3, 0.4) is 0 Å². The highest BCUT2D eigenvalue weighted by atomic mass is 19.3. The topological polar surface area (TPSA) is 24.7 Å². The lowest BCUT2D eigenvalue weighted by atomic mass is 10.5. The van der Waals surface area contributed by atoms with E-state index >= 15 is 0 Å². The fraction of sp³-hybridized carbons (Fsp3) is 0.667. The first kappa shape index (κ1) is 9.20. The summed E-state index contributed by atoms with van der Waals surface area (Å²) in [6, 6.07) is 0. The zero-order valence-corrected chi connectivity index (χ0v) is 6.01. The molecule has 10 heavy (non-hydrogen) atoms. The Bertz CT molecular complexity index is 141. The van der Waals surface area contributed by atoms with Gasteiger partial charge in [-0.3, -0.25) is 4.99 Å². The Morgan fingerprint density at radius 1 is 1.60 bits per heavy atom. The van der Waals surface area contributed by atoms with E-state index in [0.29, 0.717) is 6.42 Å². The minimum Gasteiger partial charge on any atom is -0.269 e. The van der Waals surface area contributed by atoms with Gasteiger partial charge in [-0.2, -0.15) is 0 Å². The predicted molar refractivity (Wildman–Crippen MR) is 38.1 cm³/mol. The Hall–Kier alpha value is -0.800. The third kappa shape index (κ3) is 3.27. The van der Waals surface area contributed by atoms with Gasteiger partial charge in [0.2, 0.25) is 0 Å². The highest BCUT2D eigenvalue weighted by molar-refractivity contribution is 5.91. The number of rotatable bonds is 2. The maximum absolute atomic E-state index is 11.8. The largest absolute Gasteiger partial charge is 0.296 e. The molecule has 4 heteroatoms. The van der Waals surface area contributed by atoms with Crippen LogP contribution in [0.5, 0.6) is 0 Å². The molecule has 0 unspecified atom stereocenters. The van der Waals surface area contributed by atoms with Crippen molar-refractivity contribution in [3.63, 3.8) is 0 Å². The van der Waals surface area contributed by atoms with Gasteiger partial charge in [0.05, 0.1) is 0 Å². The summed E-state index contributed by atoms with van der Waals surface area (Å²) in [5.41, 5.74) is 0. The van der Waals surface area contributed by atoms with Crippen LogP contribution in [0.1, 0.15) is 13.3 Å². The van der Waals surface area contributed by atoms with Crippen molar-refractivity contribution < 1.29 is 8.78 Å². The van der Waals surface area contributed by atoms with Gasteiger partial charge in [-0.25, -0.2) is 13.8 Å². The first-order valence-corrected chi connectivity index (χ1v) is 2.99. The average molecular weight is 148 g/mol. The minimum absolute atomic E-state index is 0.401. The smallest absolute Gasteiger partial charge is 0.269 e. The van der Waals surface area contributed by atoms with E-state index in [1.807, 2.05) is 6.92 Å². The monoisotopic (exact) mass is 148 g/mol. The van der Waals surface area contributed by atoms with Crippen molar-refractivity contribution in [2.45, 2.75) is 19.8 Å². The van der Waals surface area contributed by atoms with Crippen molar-refractivity contribution >= 4 is 12.1 Å². The number of nitrogens with zero attached hydrogens (tertiary/aromatic N) is 2. The van der Waals surface area contributed by atoms with E-state index in [-0.39, 0.29) is 0 Å². The maximum Gasteiger partial charge on any atom is 0.296 e. The zero-order chi connectivity index (χ0) is 7.98. The van der Waals surface area contributed by atoms with Crippen molar-refractivity contribution in [1.29, 1.82) is 0 Å². The van der Waals surface area contributed by atoms with Gasteiger partial charge in [-0.05, 0) is 6.42 Å². The maximum atomic E-state index is 11.8. The van der Waals surface area contributed by atoms with Crippen molar-refractivity contribution in [2.24, 2.45) is 9.98 Å². The molecule has 58 valence electrons. The second kappa shape index (κ2) is 5.02. The van der Waals surface area contributed by atoms with Crippen molar-refractivity contribution in [1.82, 2.24) is 0 Å². The van der Waals surface area contributed by atoms with Gasteiger partial charge in [-0.1, -0.05) is 6.92 Å². The van der Waals surface area contributed by atoms with Crippen LogP contribution < -0.4 is 0 Å². The van der Waals surface area contributed by atoms with Gasteiger partial charge in [0, 0.05) is 13.3 Å². The first-order chi connectivity index (χ1) is 4.72. The number of hydrogen-bond donors (Lipinski definition) is 0. The van der Waals surface area contributed by atoms with Crippen molar-refractivity contribution in [3.8, 4) is 0 Å². The van der Waals surface area contributed by atoms with Crippen LogP contribution in [-0.2, 0) is 0 Å². The molecular formula is C6H10F2N2. The molecule has 0 heterocycles. The average Bonchev–Trinajstić information content (AvgIpc) is 1.89. The predicted octanol–water partition coefficient (Wildman–Crippen LogP) is 1.76.